The topological polar surface area (TPSA) is 125 Å². The Balaban J connectivity index is 4.39. The van der Waals surface area contributed by atoms with Crippen molar-refractivity contribution in [3.63, 3.8) is 0 Å². The van der Waals surface area contributed by atoms with Gasteiger partial charge >= 0.3 is 11.8 Å². The minimum absolute atomic E-state index is 0.270. The SMILES string of the molecule is CCNC(=O)OCC(C)([N+](=O)[O-])[N+](=O)[O-]. The molecular formula is C6H11N3O6. The van der Waals surface area contributed by atoms with E-state index >= 15 is 0 Å². The van der Waals surface area contributed by atoms with E-state index in [9.17, 15) is 25.0 Å². The van der Waals surface area contributed by atoms with Crippen LogP contribution in [0.15, 0.2) is 0 Å². The first-order valence-electron chi connectivity index (χ1n) is 4.04. The molecule has 1 N–H and O–H groups in total. The van der Waals surface area contributed by atoms with E-state index in [2.05, 4.69) is 10.1 Å². The van der Waals surface area contributed by atoms with Gasteiger partial charge in [0.05, 0.1) is 6.92 Å². The van der Waals surface area contributed by atoms with Gasteiger partial charge in [-0.2, -0.15) is 0 Å². The van der Waals surface area contributed by atoms with Gasteiger partial charge in [0.2, 0.25) is 6.61 Å². The van der Waals surface area contributed by atoms with Crippen molar-refractivity contribution in [2.45, 2.75) is 19.5 Å². The van der Waals surface area contributed by atoms with Crippen LogP contribution in [-0.2, 0) is 4.74 Å². The Labute approximate surface area is 84.7 Å². The lowest BCUT2D eigenvalue weighted by atomic mass is 10.2. The summed E-state index contributed by atoms with van der Waals surface area (Å²) < 4.78 is 4.34. The molecule has 0 aliphatic carbocycles. The molecule has 0 aromatic carbocycles. The standard InChI is InChI=1S/C6H11N3O6/c1-3-7-5(10)15-4-6(2,8(11)12)9(13)14/h3-4H2,1-2H3,(H,7,10). The average Bonchev–Trinajstić information content (AvgIpc) is 2.14. The Kier molecular flexibility index (Phi) is 4.42. The molecule has 0 aliphatic heterocycles. The second kappa shape index (κ2) is 5.08. The fourth-order valence-electron chi connectivity index (χ4n) is 0.570. The summed E-state index contributed by atoms with van der Waals surface area (Å²) in [5.74, 6) is 0. The molecule has 0 saturated heterocycles. The number of alkyl carbamates (subject to hydrolysis) is 1. The number of nitrogens with one attached hydrogen (secondary N) is 1. The highest BCUT2D eigenvalue weighted by atomic mass is 16.7. The Morgan fingerprint density at radius 1 is 1.40 bits per heavy atom. The van der Waals surface area contributed by atoms with E-state index in [1.807, 2.05) is 0 Å². The van der Waals surface area contributed by atoms with Gasteiger partial charge in [-0.15, -0.1) is 0 Å². The Morgan fingerprint density at radius 3 is 2.20 bits per heavy atom. The van der Waals surface area contributed by atoms with Crippen molar-refractivity contribution in [3.8, 4) is 0 Å². The van der Waals surface area contributed by atoms with Crippen molar-refractivity contribution in [1.29, 1.82) is 0 Å². The maximum atomic E-state index is 10.8. The van der Waals surface area contributed by atoms with E-state index in [1.54, 1.807) is 6.92 Å². The zero-order valence-electron chi connectivity index (χ0n) is 8.26. The largest absolute Gasteiger partial charge is 0.488 e. The molecule has 0 saturated carbocycles. The van der Waals surface area contributed by atoms with E-state index in [1.165, 1.54) is 0 Å². The summed E-state index contributed by atoms with van der Waals surface area (Å²) in [4.78, 5) is 29.3. The van der Waals surface area contributed by atoms with Crippen LogP contribution in [0.3, 0.4) is 0 Å². The number of rotatable bonds is 5. The number of amides is 1. The normalized spacial score (nSPS) is 10.5. The van der Waals surface area contributed by atoms with Gasteiger partial charge in [-0.25, -0.2) is 4.79 Å². The van der Waals surface area contributed by atoms with E-state index in [0.29, 0.717) is 0 Å². The second-order valence-electron chi connectivity index (χ2n) is 2.84. The number of hydrogen-bond acceptors (Lipinski definition) is 6. The molecule has 0 rings (SSSR count). The molecular weight excluding hydrogens is 210 g/mol. The molecule has 0 heterocycles. The third kappa shape index (κ3) is 3.37. The highest BCUT2D eigenvalue weighted by molar-refractivity contribution is 5.66. The smallest absolute Gasteiger partial charge is 0.434 e. The zero-order chi connectivity index (χ0) is 12.1. The third-order valence-electron chi connectivity index (χ3n) is 1.58. The summed E-state index contributed by atoms with van der Waals surface area (Å²) >= 11 is 0. The van der Waals surface area contributed by atoms with Gasteiger partial charge in [0, 0.05) is 6.54 Å². The lowest BCUT2D eigenvalue weighted by molar-refractivity contribution is -0.793. The van der Waals surface area contributed by atoms with Crippen LogP contribution < -0.4 is 5.32 Å². The number of nitro groups is 2. The molecule has 0 atom stereocenters. The van der Waals surface area contributed by atoms with Gasteiger partial charge in [-0.05, 0) is 6.92 Å². The van der Waals surface area contributed by atoms with Crippen molar-refractivity contribution in [1.82, 2.24) is 5.32 Å². The van der Waals surface area contributed by atoms with Crippen LogP contribution in [0.2, 0.25) is 0 Å². The van der Waals surface area contributed by atoms with Crippen LogP contribution in [0.1, 0.15) is 13.8 Å². The van der Waals surface area contributed by atoms with Gasteiger partial charge in [-0.1, -0.05) is 0 Å². The van der Waals surface area contributed by atoms with Gasteiger partial charge in [-0.3, -0.25) is 20.2 Å². The van der Waals surface area contributed by atoms with Gasteiger partial charge in [0.25, 0.3) is 0 Å². The molecule has 0 unspecified atom stereocenters. The molecule has 1 amide bonds. The van der Waals surface area contributed by atoms with E-state index in [0.717, 1.165) is 6.92 Å². The summed E-state index contributed by atoms with van der Waals surface area (Å²) in [6.07, 6.45) is -0.924. The molecule has 86 valence electrons. The minimum atomic E-state index is -2.51. The van der Waals surface area contributed by atoms with Crippen molar-refractivity contribution in [2.24, 2.45) is 0 Å². The Morgan fingerprint density at radius 2 is 1.87 bits per heavy atom. The molecule has 0 bridgehead atoms. The number of hydrogen-bond donors (Lipinski definition) is 1. The number of ether oxygens (including phenoxy) is 1. The lowest BCUT2D eigenvalue weighted by Gasteiger charge is -2.12. The summed E-state index contributed by atoms with van der Waals surface area (Å²) in [6.45, 7) is 1.74. The molecule has 0 aliphatic rings. The highest BCUT2D eigenvalue weighted by Crippen LogP contribution is 2.10. The van der Waals surface area contributed by atoms with Crippen LogP contribution in [0.4, 0.5) is 4.79 Å². The first kappa shape index (κ1) is 13.1. The Hall–Kier alpha value is -1.93. The van der Waals surface area contributed by atoms with Crippen molar-refractivity contribution < 1.29 is 19.4 Å². The maximum absolute atomic E-state index is 10.8. The predicted octanol–water partition coefficient (Wildman–Crippen LogP) is 0.00210. The molecule has 0 fully saturated rings. The van der Waals surface area contributed by atoms with Gasteiger partial charge in [0.15, 0.2) is 0 Å². The lowest BCUT2D eigenvalue weighted by Crippen LogP contribution is -2.48. The fourth-order valence-corrected chi connectivity index (χ4v) is 0.570. The van der Waals surface area contributed by atoms with Crippen LogP contribution in [0.25, 0.3) is 0 Å². The predicted molar refractivity (Wildman–Crippen MR) is 47.4 cm³/mol. The first-order chi connectivity index (χ1) is 6.84. The number of carbonyl (C=O) groups is 1. The molecule has 0 aromatic heterocycles. The molecule has 0 radical (unpaired) electrons. The van der Waals surface area contributed by atoms with Crippen LogP contribution in [0.5, 0.6) is 0 Å². The van der Waals surface area contributed by atoms with Crippen molar-refractivity contribution in [3.05, 3.63) is 20.2 Å². The Bertz CT molecular complexity index is 264. The molecule has 9 nitrogen and oxygen atoms in total. The van der Waals surface area contributed by atoms with Crippen LogP contribution in [0, 0.1) is 20.2 Å². The molecule has 0 aromatic rings. The molecule has 15 heavy (non-hydrogen) atoms. The van der Waals surface area contributed by atoms with E-state index in [4.69, 9.17) is 0 Å². The highest BCUT2D eigenvalue weighted by Gasteiger charge is 2.52. The third-order valence-corrected chi connectivity index (χ3v) is 1.58. The summed E-state index contributed by atoms with van der Waals surface area (Å²) in [5.41, 5.74) is -2.51. The second-order valence-corrected chi connectivity index (χ2v) is 2.84. The monoisotopic (exact) mass is 221 g/mol. The van der Waals surface area contributed by atoms with E-state index in [-0.39, 0.29) is 6.54 Å². The van der Waals surface area contributed by atoms with Crippen LogP contribution >= 0.6 is 0 Å². The quantitative estimate of drug-likeness (QED) is 0.395. The summed E-state index contributed by atoms with van der Waals surface area (Å²) in [6, 6.07) is 0. The number of nitrogens with zero attached hydrogens (tertiary/aromatic N) is 2. The van der Waals surface area contributed by atoms with Crippen LogP contribution in [-0.4, -0.2) is 34.8 Å². The minimum Gasteiger partial charge on any atom is -0.434 e. The maximum Gasteiger partial charge on any atom is 0.488 e. The molecule has 9 heteroatoms. The zero-order valence-corrected chi connectivity index (χ0v) is 8.26. The number of carbonyl (C=O) groups excluding carboxylic acids is 1. The average molecular weight is 221 g/mol. The summed E-state index contributed by atoms with van der Waals surface area (Å²) in [5, 5.41) is 23.0. The van der Waals surface area contributed by atoms with Crippen molar-refractivity contribution in [2.75, 3.05) is 13.2 Å². The summed E-state index contributed by atoms with van der Waals surface area (Å²) in [7, 11) is 0. The van der Waals surface area contributed by atoms with Gasteiger partial charge < -0.3 is 10.1 Å². The van der Waals surface area contributed by atoms with E-state index < -0.39 is 28.2 Å². The first-order valence-corrected chi connectivity index (χ1v) is 4.04. The fraction of sp³-hybridized carbons (Fsp3) is 0.833. The van der Waals surface area contributed by atoms with Crippen molar-refractivity contribution >= 4 is 6.09 Å². The van der Waals surface area contributed by atoms with Gasteiger partial charge in [0.1, 0.15) is 9.85 Å². The molecule has 0 spiro atoms.